The highest BCUT2D eigenvalue weighted by Crippen LogP contribution is 2.23. The van der Waals surface area contributed by atoms with E-state index in [0.29, 0.717) is 11.7 Å². The maximum atomic E-state index is 10.5. The third kappa shape index (κ3) is 4.87. The number of hydrogen-bond donors (Lipinski definition) is 3. The van der Waals surface area contributed by atoms with E-state index in [1.165, 1.54) is 10.4 Å². The minimum atomic E-state index is -1.12. The first-order valence-corrected chi connectivity index (χ1v) is 10.0. The Morgan fingerprint density at radius 3 is 3.08 bits per heavy atom. The molecule has 0 bridgehead atoms. The molecule has 2 aromatic rings. The molecule has 2 aromatic heterocycles. The second-order valence-electron chi connectivity index (χ2n) is 6.77. The van der Waals surface area contributed by atoms with Gasteiger partial charge in [0.15, 0.2) is 5.96 Å². The van der Waals surface area contributed by atoms with Crippen molar-refractivity contribution < 1.29 is 9.52 Å². The van der Waals surface area contributed by atoms with Crippen LogP contribution in [0.3, 0.4) is 0 Å². The van der Waals surface area contributed by atoms with E-state index < -0.39 is 5.60 Å². The molecule has 0 radical (unpaired) electrons. The number of rotatable bonds is 7. The number of hydrogen-bond acceptors (Lipinski definition) is 5. The van der Waals surface area contributed by atoms with E-state index in [1.807, 2.05) is 18.3 Å². The van der Waals surface area contributed by atoms with Crippen LogP contribution in [0.2, 0.25) is 0 Å². The average Bonchev–Trinajstić information content (AvgIpc) is 3.31. The van der Waals surface area contributed by atoms with Crippen molar-refractivity contribution in [2.24, 2.45) is 4.99 Å². The minimum absolute atomic E-state index is 0.234. The van der Waals surface area contributed by atoms with Crippen LogP contribution in [0.4, 0.5) is 0 Å². The molecule has 0 spiro atoms. The average molecular weight is 377 g/mol. The molecule has 1 atom stereocenters. The summed E-state index contributed by atoms with van der Waals surface area (Å²) in [7, 11) is 0. The lowest BCUT2D eigenvalue weighted by Crippen LogP contribution is -2.43. The molecule has 0 aliphatic carbocycles. The zero-order valence-electron chi connectivity index (χ0n) is 15.5. The molecule has 0 aromatic carbocycles. The Balaban J connectivity index is 1.49. The van der Waals surface area contributed by atoms with E-state index >= 15 is 0 Å². The lowest BCUT2D eigenvalue weighted by molar-refractivity contribution is 0.0437. The summed E-state index contributed by atoms with van der Waals surface area (Å²) in [6.07, 6.45) is 2.71. The van der Waals surface area contributed by atoms with Gasteiger partial charge in [0.1, 0.15) is 11.4 Å². The number of nitrogens with zero attached hydrogens (tertiary/aromatic N) is 2. The Bertz CT molecular complexity index is 709. The van der Waals surface area contributed by atoms with Crippen LogP contribution >= 0.6 is 11.3 Å². The first-order chi connectivity index (χ1) is 12.6. The molecule has 1 aliphatic heterocycles. The molecule has 3 N–H and O–H groups in total. The monoisotopic (exact) mass is 376 g/mol. The SMILES string of the molecule is CCNC(=NCC(C)(O)c1ccco1)NCCN1CCc2sccc2C1. The summed E-state index contributed by atoms with van der Waals surface area (Å²) in [4.78, 5) is 8.51. The molecule has 1 unspecified atom stereocenters. The fourth-order valence-corrected chi connectivity index (χ4v) is 3.96. The van der Waals surface area contributed by atoms with Crippen molar-refractivity contribution in [3.8, 4) is 0 Å². The van der Waals surface area contributed by atoms with E-state index in [1.54, 1.807) is 25.3 Å². The predicted octanol–water partition coefficient (Wildman–Crippen LogP) is 2.16. The number of guanidine groups is 1. The predicted molar refractivity (Wildman–Crippen MR) is 106 cm³/mol. The van der Waals surface area contributed by atoms with Crippen molar-refractivity contribution in [1.29, 1.82) is 0 Å². The largest absolute Gasteiger partial charge is 0.466 e. The lowest BCUT2D eigenvalue weighted by Gasteiger charge is -2.27. The van der Waals surface area contributed by atoms with Crippen molar-refractivity contribution in [3.05, 3.63) is 46.0 Å². The van der Waals surface area contributed by atoms with Crippen LogP contribution in [0.1, 0.15) is 30.0 Å². The summed E-state index contributed by atoms with van der Waals surface area (Å²) in [5.74, 6) is 1.24. The molecule has 0 saturated carbocycles. The van der Waals surface area contributed by atoms with Crippen LogP contribution in [0.15, 0.2) is 39.3 Å². The third-order valence-electron chi connectivity index (χ3n) is 4.55. The van der Waals surface area contributed by atoms with E-state index in [0.717, 1.165) is 39.1 Å². The molecule has 0 fully saturated rings. The highest BCUT2D eigenvalue weighted by Gasteiger charge is 2.26. The van der Waals surface area contributed by atoms with Gasteiger partial charge in [-0.3, -0.25) is 4.90 Å². The zero-order chi connectivity index (χ0) is 18.4. The molecule has 142 valence electrons. The molecular formula is C19H28N4O2S. The van der Waals surface area contributed by atoms with E-state index in [2.05, 4.69) is 32.0 Å². The van der Waals surface area contributed by atoms with Gasteiger partial charge in [-0.05, 0) is 49.4 Å². The number of aliphatic imine (C=N–C) groups is 1. The molecule has 3 heterocycles. The van der Waals surface area contributed by atoms with Gasteiger partial charge in [0, 0.05) is 37.6 Å². The molecular weight excluding hydrogens is 348 g/mol. The van der Waals surface area contributed by atoms with Crippen LogP contribution in [0.5, 0.6) is 0 Å². The van der Waals surface area contributed by atoms with Gasteiger partial charge in [0.25, 0.3) is 0 Å². The maximum absolute atomic E-state index is 10.5. The van der Waals surface area contributed by atoms with Crippen molar-refractivity contribution in [2.45, 2.75) is 32.4 Å². The summed E-state index contributed by atoms with van der Waals surface area (Å²) in [6.45, 7) is 8.67. The van der Waals surface area contributed by atoms with Crippen LogP contribution < -0.4 is 10.6 Å². The van der Waals surface area contributed by atoms with E-state index in [-0.39, 0.29) is 6.54 Å². The Labute approximate surface area is 158 Å². The van der Waals surface area contributed by atoms with Gasteiger partial charge in [-0.1, -0.05) is 0 Å². The number of nitrogens with one attached hydrogen (secondary N) is 2. The summed E-state index contributed by atoms with van der Waals surface area (Å²) >= 11 is 1.87. The fourth-order valence-electron chi connectivity index (χ4n) is 3.07. The van der Waals surface area contributed by atoms with Crippen LogP contribution in [0.25, 0.3) is 0 Å². The second kappa shape index (κ2) is 8.70. The summed E-state index contributed by atoms with van der Waals surface area (Å²) < 4.78 is 5.31. The Morgan fingerprint density at radius 2 is 2.31 bits per heavy atom. The highest BCUT2D eigenvalue weighted by molar-refractivity contribution is 7.10. The zero-order valence-corrected chi connectivity index (χ0v) is 16.3. The number of furan rings is 1. The summed E-state index contributed by atoms with van der Waals surface area (Å²) in [5.41, 5.74) is 0.352. The third-order valence-corrected chi connectivity index (χ3v) is 5.57. The topological polar surface area (TPSA) is 73.0 Å². The first kappa shape index (κ1) is 18.9. The first-order valence-electron chi connectivity index (χ1n) is 9.14. The Morgan fingerprint density at radius 1 is 1.42 bits per heavy atom. The molecule has 3 rings (SSSR count). The van der Waals surface area contributed by atoms with Crippen LogP contribution in [-0.4, -0.2) is 48.7 Å². The van der Waals surface area contributed by atoms with Crippen molar-refractivity contribution in [3.63, 3.8) is 0 Å². The van der Waals surface area contributed by atoms with Crippen molar-refractivity contribution in [2.75, 3.05) is 32.7 Å². The quantitative estimate of drug-likeness (QED) is 0.510. The van der Waals surface area contributed by atoms with E-state index in [4.69, 9.17) is 4.42 Å². The van der Waals surface area contributed by atoms with Crippen LogP contribution in [-0.2, 0) is 18.6 Å². The standard InChI is InChI=1S/C19H28N4O2S/c1-3-20-18(22-14-19(2,24)17-5-4-11-25-17)21-8-10-23-9-6-16-15(13-23)7-12-26-16/h4-5,7,11-12,24H,3,6,8-10,13-14H2,1-2H3,(H2,20,21,22). The van der Waals surface area contributed by atoms with Crippen molar-refractivity contribution in [1.82, 2.24) is 15.5 Å². The van der Waals surface area contributed by atoms with Gasteiger partial charge < -0.3 is 20.2 Å². The van der Waals surface area contributed by atoms with Gasteiger partial charge in [0.2, 0.25) is 0 Å². The molecule has 1 aliphatic rings. The van der Waals surface area contributed by atoms with Gasteiger partial charge in [0.05, 0.1) is 12.8 Å². The normalized spacial score (nSPS) is 17.6. The Hall–Kier alpha value is -1.83. The number of aliphatic hydroxyl groups is 1. The Kier molecular flexibility index (Phi) is 6.34. The van der Waals surface area contributed by atoms with Crippen molar-refractivity contribution >= 4 is 17.3 Å². The molecule has 0 saturated heterocycles. The van der Waals surface area contributed by atoms with Gasteiger partial charge in [-0.25, -0.2) is 4.99 Å². The van der Waals surface area contributed by atoms with Crippen LogP contribution in [0, 0.1) is 0 Å². The van der Waals surface area contributed by atoms with Gasteiger partial charge >= 0.3 is 0 Å². The lowest BCUT2D eigenvalue weighted by atomic mass is 10.0. The summed E-state index contributed by atoms with van der Waals surface area (Å²) in [6, 6.07) is 5.78. The molecule has 7 heteroatoms. The van der Waals surface area contributed by atoms with Gasteiger partial charge in [-0.2, -0.15) is 0 Å². The molecule has 6 nitrogen and oxygen atoms in total. The minimum Gasteiger partial charge on any atom is -0.466 e. The smallest absolute Gasteiger partial charge is 0.191 e. The second-order valence-corrected chi connectivity index (χ2v) is 7.77. The highest BCUT2D eigenvalue weighted by atomic mass is 32.1. The maximum Gasteiger partial charge on any atom is 0.191 e. The molecule has 26 heavy (non-hydrogen) atoms. The van der Waals surface area contributed by atoms with E-state index in [9.17, 15) is 5.11 Å². The van der Waals surface area contributed by atoms with Gasteiger partial charge in [-0.15, -0.1) is 11.3 Å². The fraction of sp³-hybridized carbons (Fsp3) is 0.526. The summed E-state index contributed by atoms with van der Waals surface area (Å²) in [5, 5.41) is 19.3. The number of thiophene rings is 1. The molecule has 0 amide bonds. The number of fused-ring (bicyclic) bond motifs is 1.